The smallest absolute Gasteiger partial charge is 0.118 e. The van der Waals surface area contributed by atoms with Gasteiger partial charge in [-0.15, -0.1) is 0 Å². The molecule has 1 aromatic rings. The summed E-state index contributed by atoms with van der Waals surface area (Å²) in [6.07, 6.45) is 0. The first-order chi connectivity index (χ1) is 7.70. The summed E-state index contributed by atoms with van der Waals surface area (Å²) in [6.45, 7) is 8.23. The van der Waals surface area contributed by atoms with Crippen LogP contribution in [0.25, 0.3) is 0 Å². The Hall–Kier alpha value is -0.840. The molecule has 90 valence electrons. The van der Waals surface area contributed by atoms with Crippen LogP contribution in [-0.4, -0.2) is 30.7 Å². The highest BCUT2D eigenvalue weighted by Gasteiger charge is 2.20. The third-order valence-electron chi connectivity index (χ3n) is 3.15. The zero-order chi connectivity index (χ0) is 11.5. The number of morpholine rings is 1. The van der Waals surface area contributed by atoms with Gasteiger partial charge in [-0.25, -0.2) is 0 Å². The predicted octanol–water partition coefficient (Wildman–Crippen LogP) is 1.27. The van der Waals surface area contributed by atoms with Crippen LogP contribution >= 0.6 is 0 Å². The van der Waals surface area contributed by atoms with E-state index in [2.05, 4.69) is 17.9 Å². The lowest BCUT2D eigenvalue weighted by atomic mass is 10.2. The molecule has 0 radical (unpaired) electrons. The van der Waals surface area contributed by atoms with E-state index in [0.717, 1.165) is 37.8 Å². The van der Waals surface area contributed by atoms with Crippen molar-refractivity contribution < 1.29 is 9.15 Å². The van der Waals surface area contributed by atoms with Crippen LogP contribution in [0, 0.1) is 6.92 Å². The van der Waals surface area contributed by atoms with Crippen molar-refractivity contribution >= 4 is 0 Å². The van der Waals surface area contributed by atoms with Gasteiger partial charge in [0.05, 0.1) is 19.8 Å². The molecule has 1 fully saturated rings. The summed E-state index contributed by atoms with van der Waals surface area (Å²) in [5.74, 6) is 1.85. The van der Waals surface area contributed by atoms with Crippen molar-refractivity contribution in [3.05, 3.63) is 23.2 Å². The molecule has 1 aliphatic rings. The predicted molar refractivity (Wildman–Crippen MR) is 62.0 cm³/mol. The summed E-state index contributed by atoms with van der Waals surface area (Å²) < 4.78 is 11.0. The van der Waals surface area contributed by atoms with Crippen LogP contribution in [0.3, 0.4) is 0 Å². The number of nitrogens with two attached hydrogens (primary N) is 1. The number of hydrogen-bond acceptors (Lipinski definition) is 4. The minimum Gasteiger partial charge on any atom is -0.465 e. The SMILES string of the molecule is Cc1oc(CN)cc1CN1CCOCC1C. The highest BCUT2D eigenvalue weighted by molar-refractivity contribution is 5.20. The van der Waals surface area contributed by atoms with Crippen molar-refractivity contribution in [2.75, 3.05) is 19.8 Å². The molecule has 16 heavy (non-hydrogen) atoms. The zero-order valence-corrected chi connectivity index (χ0v) is 10.0. The fraction of sp³-hybridized carbons (Fsp3) is 0.667. The van der Waals surface area contributed by atoms with Crippen molar-refractivity contribution in [3.63, 3.8) is 0 Å². The maximum absolute atomic E-state index is 5.57. The molecule has 2 heterocycles. The summed E-state index contributed by atoms with van der Waals surface area (Å²) >= 11 is 0. The van der Waals surface area contributed by atoms with Crippen molar-refractivity contribution in [2.24, 2.45) is 5.73 Å². The molecular weight excluding hydrogens is 204 g/mol. The lowest BCUT2D eigenvalue weighted by Gasteiger charge is -2.32. The van der Waals surface area contributed by atoms with E-state index in [1.54, 1.807) is 0 Å². The Morgan fingerprint density at radius 2 is 2.38 bits per heavy atom. The second-order valence-corrected chi connectivity index (χ2v) is 4.39. The zero-order valence-electron chi connectivity index (χ0n) is 10.0. The Balaban J connectivity index is 2.04. The average molecular weight is 224 g/mol. The first-order valence-electron chi connectivity index (χ1n) is 5.80. The summed E-state index contributed by atoms with van der Waals surface area (Å²) in [4.78, 5) is 2.42. The van der Waals surface area contributed by atoms with Crippen molar-refractivity contribution in [1.29, 1.82) is 0 Å². The molecule has 0 bridgehead atoms. The molecular formula is C12H20N2O2. The standard InChI is InChI=1S/C12H20N2O2/c1-9-8-15-4-3-14(9)7-11-5-12(6-13)16-10(11)2/h5,9H,3-4,6-8,13H2,1-2H3. The van der Waals surface area contributed by atoms with Crippen LogP contribution < -0.4 is 5.73 Å². The first-order valence-corrected chi connectivity index (χ1v) is 5.80. The van der Waals surface area contributed by atoms with Gasteiger partial charge in [0.25, 0.3) is 0 Å². The van der Waals surface area contributed by atoms with Crippen LogP contribution in [0.15, 0.2) is 10.5 Å². The Labute approximate surface area is 96.4 Å². The van der Waals surface area contributed by atoms with E-state index in [0.29, 0.717) is 12.6 Å². The van der Waals surface area contributed by atoms with E-state index in [1.807, 2.05) is 6.92 Å². The average Bonchev–Trinajstić information content (AvgIpc) is 2.63. The second-order valence-electron chi connectivity index (χ2n) is 4.39. The van der Waals surface area contributed by atoms with Gasteiger partial charge < -0.3 is 14.9 Å². The van der Waals surface area contributed by atoms with Crippen molar-refractivity contribution in [1.82, 2.24) is 4.90 Å². The third-order valence-corrected chi connectivity index (χ3v) is 3.15. The maximum Gasteiger partial charge on any atom is 0.118 e. The van der Waals surface area contributed by atoms with E-state index in [-0.39, 0.29) is 0 Å². The van der Waals surface area contributed by atoms with E-state index < -0.39 is 0 Å². The van der Waals surface area contributed by atoms with Gasteiger partial charge in [0.15, 0.2) is 0 Å². The summed E-state index contributed by atoms with van der Waals surface area (Å²) in [7, 11) is 0. The van der Waals surface area contributed by atoms with Gasteiger partial charge in [-0.2, -0.15) is 0 Å². The van der Waals surface area contributed by atoms with Crippen LogP contribution in [0.2, 0.25) is 0 Å². The van der Waals surface area contributed by atoms with Crippen LogP contribution in [0.5, 0.6) is 0 Å². The van der Waals surface area contributed by atoms with Gasteiger partial charge in [0, 0.05) is 24.7 Å². The molecule has 1 aliphatic heterocycles. The number of aryl methyl sites for hydroxylation is 1. The molecule has 0 amide bonds. The molecule has 1 aromatic heterocycles. The van der Waals surface area contributed by atoms with E-state index in [1.165, 1.54) is 5.56 Å². The Morgan fingerprint density at radius 1 is 1.56 bits per heavy atom. The highest BCUT2D eigenvalue weighted by atomic mass is 16.5. The quantitative estimate of drug-likeness (QED) is 0.840. The third kappa shape index (κ3) is 2.45. The van der Waals surface area contributed by atoms with Gasteiger partial charge in [-0.05, 0) is 19.9 Å². The van der Waals surface area contributed by atoms with E-state index in [9.17, 15) is 0 Å². The van der Waals surface area contributed by atoms with Crippen molar-refractivity contribution in [3.8, 4) is 0 Å². The van der Waals surface area contributed by atoms with Gasteiger partial charge in [0.1, 0.15) is 11.5 Å². The summed E-state index contributed by atoms with van der Waals surface area (Å²) in [5.41, 5.74) is 6.81. The van der Waals surface area contributed by atoms with Crippen LogP contribution in [0.4, 0.5) is 0 Å². The summed E-state index contributed by atoms with van der Waals surface area (Å²) in [6, 6.07) is 2.54. The lowest BCUT2D eigenvalue weighted by molar-refractivity contribution is -0.00454. The van der Waals surface area contributed by atoms with Gasteiger partial charge >= 0.3 is 0 Å². The first kappa shape index (κ1) is 11.6. The number of nitrogens with zero attached hydrogens (tertiary/aromatic N) is 1. The topological polar surface area (TPSA) is 51.6 Å². The van der Waals surface area contributed by atoms with Crippen LogP contribution in [-0.2, 0) is 17.8 Å². The van der Waals surface area contributed by atoms with E-state index in [4.69, 9.17) is 14.9 Å². The molecule has 1 atom stereocenters. The fourth-order valence-electron chi connectivity index (χ4n) is 2.06. The molecule has 4 nitrogen and oxygen atoms in total. The summed E-state index contributed by atoms with van der Waals surface area (Å²) in [5, 5.41) is 0. The lowest BCUT2D eigenvalue weighted by Crippen LogP contribution is -2.42. The Kier molecular flexibility index (Phi) is 3.63. The maximum atomic E-state index is 5.57. The molecule has 0 saturated carbocycles. The Morgan fingerprint density at radius 3 is 3.00 bits per heavy atom. The minimum atomic E-state index is 0.472. The van der Waals surface area contributed by atoms with Gasteiger partial charge in [0.2, 0.25) is 0 Å². The number of hydrogen-bond donors (Lipinski definition) is 1. The largest absolute Gasteiger partial charge is 0.465 e. The highest BCUT2D eigenvalue weighted by Crippen LogP contribution is 2.18. The molecule has 4 heteroatoms. The van der Waals surface area contributed by atoms with E-state index >= 15 is 0 Å². The molecule has 0 aliphatic carbocycles. The molecule has 0 spiro atoms. The Bertz CT molecular complexity index is 349. The monoisotopic (exact) mass is 224 g/mol. The second kappa shape index (κ2) is 4.99. The molecule has 0 aromatic carbocycles. The molecule has 1 unspecified atom stereocenters. The van der Waals surface area contributed by atoms with Gasteiger partial charge in [-0.3, -0.25) is 4.90 Å². The fourth-order valence-corrected chi connectivity index (χ4v) is 2.06. The molecule has 1 saturated heterocycles. The van der Waals surface area contributed by atoms with Crippen molar-refractivity contribution in [2.45, 2.75) is 33.0 Å². The molecule has 2 N–H and O–H groups in total. The molecule has 2 rings (SSSR count). The van der Waals surface area contributed by atoms with Crippen LogP contribution in [0.1, 0.15) is 24.0 Å². The normalized spacial score (nSPS) is 22.6. The number of rotatable bonds is 3. The number of furan rings is 1. The number of ether oxygens (including phenoxy) is 1. The van der Waals surface area contributed by atoms with Gasteiger partial charge in [-0.1, -0.05) is 0 Å². The minimum absolute atomic E-state index is 0.472.